The van der Waals surface area contributed by atoms with Crippen LogP contribution in [0.15, 0.2) is 30.3 Å². The second kappa shape index (κ2) is 14.0. The smallest absolute Gasteiger partial charge is 0.326 e. The van der Waals surface area contributed by atoms with Crippen LogP contribution in [0.2, 0.25) is 0 Å². The van der Waals surface area contributed by atoms with E-state index in [9.17, 15) is 38.7 Å². The highest BCUT2D eigenvalue weighted by molar-refractivity contribution is 5.96. The number of nitrogens with two attached hydrogens (primary N) is 2. The number of hydrogen-bond donors (Lipinski definition) is 8. The zero-order chi connectivity index (χ0) is 27.4. The first-order chi connectivity index (χ1) is 16.8. The average molecular weight is 509 g/mol. The number of aliphatic carboxylic acids is 3. The lowest BCUT2D eigenvalue weighted by Gasteiger charge is -2.24. The molecule has 1 aromatic carbocycles. The summed E-state index contributed by atoms with van der Waals surface area (Å²) in [5, 5.41) is 33.5. The van der Waals surface area contributed by atoms with Crippen molar-refractivity contribution in [3.63, 3.8) is 0 Å². The van der Waals surface area contributed by atoms with Crippen LogP contribution in [0.4, 0.5) is 0 Å². The molecule has 0 radical (unpaired) electrons. The van der Waals surface area contributed by atoms with Gasteiger partial charge >= 0.3 is 17.9 Å². The third kappa shape index (κ3) is 10.6. The molecule has 4 atom stereocenters. The lowest BCUT2D eigenvalue weighted by atomic mass is 10.0. The van der Waals surface area contributed by atoms with Crippen LogP contribution in [-0.4, -0.2) is 81.0 Å². The van der Waals surface area contributed by atoms with Gasteiger partial charge in [0.05, 0.1) is 25.3 Å². The Morgan fingerprint density at radius 1 is 0.694 bits per heavy atom. The van der Waals surface area contributed by atoms with E-state index in [0.29, 0.717) is 5.56 Å². The minimum absolute atomic E-state index is 0.173. The molecule has 0 heterocycles. The number of carbonyl (C=O) groups excluding carboxylic acids is 4. The van der Waals surface area contributed by atoms with Crippen LogP contribution >= 0.6 is 0 Å². The molecule has 4 unspecified atom stereocenters. The van der Waals surface area contributed by atoms with E-state index in [1.807, 2.05) is 5.32 Å². The summed E-state index contributed by atoms with van der Waals surface area (Å²) in [6.45, 7) is 0. The number of primary amides is 1. The standard InChI is InChI=1S/C21H27N5O10/c22-11(7-16(28)29)18(32)24-13(9-17(30)31)20(34)25-12(6-10-4-2-1-3-5-10)19(33)26-14(21(35)36)8-15(23)27/h1-5,11-14H,6-9,22H2,(H2,23,27)(H,24,32)(H,25,34)(H,26,33)(H,28,29)(H,30,31)(H,35,36). The van der Waals surface area contributed by atoms with E-state index in [-0.39, 0.29) is 6.42 Å². The molecule has 0 saturated carbocycles. The lowest BCUT2D eigenvalue weighted by Crippen LogP contribution is -2.58. The van der Waals surface area contributed by atoms with E-state index >= 15 is 0 Å². The Labute approximate surface area is 204 Å². The van der Waals surface area contributed by atoms with Crippen molar-refractivity contribution >= 4 is 41.5 Å². The third-order valence-electron chi connectivity index (χ3n) is 4.68. The first-order valence-corrected chi connectivity index (χ1v) is 10.5. The number of rotatable bonds is 15. The maximum Gasteiger partial charge on any atom is 0.326 e. The van der Waals surface area contributed by atoms with Crippen LogP contribution in [0, 0.1) is 0 Å². The zero-order valence-corrected chi connectivity index (χ0v) is 18.9. The molecule has 15 nitrogen and oxygen atoms in total. The number of hydrogen-bond acceptors (Lipinski definition) is 8. The van der Waals surface area contributed by atoms with Crippen LogP contribution in [0.1, 0.15) is 24.8 Å². The van der Waals surface area contributed by atoms with E-state index in [4.69, 9.17) is 21.7 Å². The Hall–Kier alpha value is -4.53. The molecule has 15 heteroatoms. The van der Waals surface area contributed by atoms with Gasteiger partial charge in [0, 0.05) is 6.42 Å². The summed E-state index contributed by atoms with van der Waals surface area (Å²) in [4.78, 5) is 82.4. The SMILES string of the molecule is NC(=O)CC(NC(=O)C(Cc1ccccc1)NC(=O)C(CC(=O)O)NC(=O)C(N)CC(=O)O)C(=O)O. The Kier molecular flexibility index (Phi) is 11.5. The molecule has 196 valence electrons. The molecule has 0 bridgehead atoms. The quantitative estimate of drug-likeness (QED) is 0.117. The van der Waals surface area contributed by atoms with Crippen molar-refractivity contribution in [2.45, 2.75) is 49.9 Å². The van der Waals surface area contributed by atoms with Gasteiger partial charge in [0.15, 0.2) is 0 Å². The lowest BCUT2D eigenvalue weighted by molar-refractivity contribution is -0.144. The van der Waals surface area contributed by atoms with Gasteiger partial charge in [0.1, 0.15) is 18.1 Å². The maximum atomic E-state index is 12.8. The fourth-order valence-corrected chi connectivity index (χ4v) is 2.95. The van der Waals surface area contributed by atoms with Gasteiger partial charge in [-0.15, -0.1) is 0 Å². The highest BCUT2D eigenvalue weighted by Crippen LogP contribution is 2.06. The van der Waals surface area contributed by atoms with Crippen LogP contribution in [0.3, 0.4) is 0 Å². The number of benzene rings is 1. The predicted octanol–water partition coefficient (Wildman–Crippen LogP) is -3.08. The Bertz CT molecular complexity index is 1000. The topological polar surface area (TPSA) is 268 Å². The fraction of sp³-hybridized carbons (Fsp3) is 0.381. The number of nitrogens with one attached hydrogen (secondary N) is 3. The third-order valence-corrected chi connectivity index (χ3v) is 4.68. The summed E-state index contributed by atoms with van der Waals surface area (Å²) in [5.74, 6) is -8.74. The Morgan fingerprint density at radius 2 is 1.19 bits per heavy atom. The summed E-state index contributed by atoms with van der Waals surface area (Å²) in [6.07, 6.45) is -2.63. The number of carboxylic acids is 3. The van der Waals surface area contributed by atoms with Gasteiger partial charge in [-0.3, -0.25) is 28.8 Å². The van der Waals surface area contributed by atoms with Crippen LogP contribution in [0.5, 0.6) is 0 Å². The van der Waals surface area contributed by atoms with Crippen molar-refractivity contribution in [2.75, 3.05) is 0 Å². The highest BCUT2D eigenvalue weighted by Gasteiger charge is 2.32. The second-order valence-corrected chi connectivity index (χ2v) is 7.68. The monoisotopic (exact) mass is 509 g/mol. The maximum absolute atomic E-state index is 12.8. The molecule has 0 aliphatic carbocycles. The van der Waals surface area contributed by atoms with E-state index in [2.05, 4.69) is 10.6 Å². The molecule has 10 N–H and O–H groups in total. The molecular weight excluding hydrogens is 482 g/mol. The van der Waals surface area contributed by atoms with Crippen molar-refractivity contribution in [1.29, 1.82) is 0 Å². The van der Waals surface area contributed by atoms with Crippen LogP contribution in [-0.2, 0) is 40.0 Å². The summed E-state index contributed by atoms with van der Waals surface area (Å²) in [7, 11) is 0. The number of amides is 4. The first kappa shape index (κ1) is 29.5. The number of carbonyl (C=O) groups is 7. The van der Waals surface area contributed by atoms with Gasteiger partial charge in [-0.1, -0.05) is 30.3 Å². The van der Waals surface area contributed by atoms with Gasteiger partial charge < -0.3 is 42.7 Å². The summed E-state index contributed by atoms with van der Waals surface area (Å²) in [5.41, 5.74) is 11.0. The largest absolute Gasteiger partial charge is 0.481 e. The minimum atomic E-state index is -1.75. The van der Waals surface area contributed by atoms with Crippen LogP contribution in [0.25, 0.3) is 0 Å². The van der Waals surface area contributed by atoms with Crippen molar-refractivity contribution in [3.05, 3.63) is 35.9 Å². The molecule has 4 amide bonds. The van der Waals surface area contributed by atoms with Crippen molar-refractivity contribution < 1.29 is 48.9 Å². The molecular formula is C21H27N5O10. The van der Waals surface area contributed by atoms with Gasteiger partial charge in [-0.2, -0.15) is 0 Å². The Morgan fingerprint density at radius 3 is 1.69 bits per heavy atom. The molecule has 0 aliphatic rings. The van der Waals surface area contributed by atoms with Gasteiger partial charge in [0.2, 0.25) is 23.6 Å². The summed E-state index contributed by atoms with van der Waals surface area (Å²) < 4.78 is 0. The molecule has 36 heavy (non-hydrogen) atoms. The normalized spacial score (nSPS) is 13.8. The molecule has 0 spiro atoms. The van der Waals surface area contributed by atoms with Gasteiger partial charge in [-0.25, -0.2) is 4.79 Å². The molecule has 0 aliphatic heterocycles. The average Bonchev–Trinajstić information content (AvgIpc) is 2.77. The summed E-state index contributed by atoms with van der Waals surface area (Å²) in [6, 6.07) is 1.67. The van der Waals surface area contributed by atoms with Gasteiger partial charge in [0.25, 0.3) is 0 Å². The second-order valence-electron chi connectivity index (χ2n) is 7.68. The van der Waals surface area contributed by atoms with Crippen molar-refractivity contribution in [1.82, 2.24) is 16.0 Å². The summed E-state index contributed by atoms with van der Waals surface area (Å²) >= 11 is 0. The predicted molar refractivity (Wildman–Crippen MR) is 120 cm³/mol. The molecule has 0 fully saturated rings. The van der Waals surface area contributed by atoms with Crippen molar-refractivity contribution in [3.8, 4) is 0 Å². The molecule has 0 saturated heterocycles. The minimum Gasteiger partial charge on any atom is -0.481 e. The van der Waals surface area contributed by atoms with Crippen LogP contribution < -0.4 is 27.4 Å². The highest BCUT2D eigenvalue weighted by atomic mass is 16.4. The number of carboxylic acid groups (broad SMARTS) is 3. The van der Waals surface area contributed by atoms with E-state index in [1.54, 1.807) is 30.3 Å². The van der Waals surface area contributed by atoms with E-state index in [0.717, 1.165) is 0 Å². The first-order valence-electron chi connectivity index (χ1n) is 10.5. The Balaban J connectivity index is 3.14. The van der Waals surface area contributed by atoms with Crippen molar-refractivity contribution in [2.24, 2.45) is 11.5 Å². The fourth-order valence-electron chi connectivity index (χ4n) is 2.95. The molecule has 1 rings (SSSR count). The van der Waals surface area contributed by atoms with E-state index < -0.39 is 85.0 Å². The van der Waals surface area contributed by atoms with E-state index in [1.165, 1.54) is 0 Å². The molecule has 0 aromatic heterocycles. The van der Waals surface area contributed by atoms with Gasteiger partial charge in [-0.05, 0) is 5.56 Å². The zero-order valence-electron chi connectivity index (χ0n) is 18.9. The molecule has 1 aromatic rings.